The molecule has 3 aromatic heterocycles. The topological polar surface area (TPSA) is 112 Å². The molecule has 2 unspecified atom stereocenters. The van der Waals surface area contributed by atoms with E-state index in [2.05, 4.69) is 30.5 Å². The zero-order valence-corrected chi connectivity index (χ0v) is 16.3. The zero-order valence-electron chi connectivity index (χ0n) is 15.5. The Morgan fingerprint density at radius 3 is 2.86 bits per heavy atom. The molecule has 0 aromatic carbocycles. The van der Waals surface area contributed by atoms with Crippen LogP contribution in [0.25, 0.3) is 0 Å². The minimum Gasteiger partial charge on any atom is -0.475 e. The van der Waals surface area contributed by atoms with E-state index in [0.717, 1.165) is 27.7 Å². The summed E-state index contributed by atoms with van der Waals surface area (Å²) in [4.78, 5) is 12.3. The molecule has 3 aromatic rings. The molecule has 1 saturated carbocycles. The van der Waals surface area contributed by atoms with Gasteiger partial charge in [0, 0.05) is 23.7 Å². The third kappa shape index (κ3) is 4.16. The molecular weight excluding hydrogens is 381 g/mol. The Bertz CT molecular complexity index is 979. The SMILES string of the molecule is Cc1ccc(C2CC2COc2nc(N)nc(NCc3nnc(C)s3)c2F)nc1. The first-order valence-corrected chi connectivity index (χ1v) is 9.72. The third-order valence-corrected chi connectivity index (χ3v) is 5.32. The lowest BCUT2D eigenvalue weighted by Gasteiger charge is -2.10. The van der Waals surface area contributed by atoms with E-state index >= 15 is 0 Å². The molecule has 28 heavy (non-hydrogen) atoms. The molecule has 10 heteroatoms. The standard InChI is InChI=1S/C18H20FN7OS/c1-9-3-4-13(21-6-9)12-5-11(12)8-27-17-15(19)16(23-18(20)24-17)22-7-14-26-25-10(2)28-14/h3-4,6,11-12H,5,7-8H2,1-2H3,(H3,20,22,23,24). The van der Waals surface area contributed by atoms with E-state index in [-0.39, 0.29) is 23.6 Å². The summed E-state index contributed by atoms with van der Waals surface area (Å²) < 4.78 is 20.3. The average Bonchev–Trinajstić information content (AvgIpc) is 3.33. The van der Waals surface area contributed by atoms with E-state index in [1.165, 1.54) is 11.3 Å². The van der Waals surface area contributed by atoms with Crippen molar-refractivity contribution < 1.29 is 9.13 Å². The summed E-state index contributed by atoms with van der Waals surface area (Å²) in [5.41, 5.74) is 7.87. The van der Waals surface area contributed by atoms with Gasteiger partial charge >= 0.3 is 0 Å². The second-order valence-electron chi connectivity index (χ2n) is 6.79. The van der Waals surface area contributed by atoms with Gasteiger partial charge in [0.15, 0.2) is 5.82 Å². The van der Waals surface area contributed by atoms with Crippen LogP contribution in [0.1, 0.15) is 33.6 Å². The minimum absolute atomic E-state index is 0.0112. The number of hydrogen-bond acceptors (Lipinski definition) is 9. The number of ether oxygens (including phenoxy) is 1. The summed E-state index contributed by atoms with van der Waals surface area (Å²) in [6.45, 7) is 4.50. The second kappa shape index (κ2) is 7.63. The van der Waals surface area contributed by atoms with Crippen molar-refractivity contribution in [1.82, 2.24) is 25.1 Å². The van der Waals surface area contributed by atoms with E-state index in [1.54, 1.807) is 0 Å². The third-order valence-electron chi connectivity index (χ3n) is 4.48. The molecule has 3 N–H and O–H groups in total. The highest BCUT2D eigenvalue weighted by atomic mass is 32.1. The first-order valence-electron chi connectivity index (χ1n) is 8.91. The molecule has 8 nitrogen and oxygen atoms in total. The average molecular weight is 401 g/mol. The Kier molecular flexibility index (Phi) is 5.03. The van der Waals surface area contributed by atoms with Crippen LogP contribution < -0.4 is 15.8 Å². The molecule has 4 rings (SSSR count). The van der Waals surface area contributed by atoms with Crippen molar-refractivity contribution in [3.8, 4) is 5.88 Å². The van der Waals surface area contributed by atoms with Crippen molar-refractivity contribution in [2.24, 2.45) is 5.92 Å². The number of nitrogens with zero attached hydrogens (tertiary/aromatic N) is 5. The van der Waals surface area contributed by atoms with Crippen LogP contribution in [0.5, 0.6) is 5.88 Å². The number of hydrogen-bond donors (Lipinski definition) is 2. The monoisotopic (exact) mass is 401 g/mol. The Balaban J connectivity index is 1.38. The minimum atomic E-state index is -0.666. The fourth-order valence-electron chi connectivity index (χ4n) is 2.90. The molecule has 146 valence electrons. The van der Waals surface area contributed by atoms with Gasteiger partial charge in [0.1, 0.15) is 10.0 Å². The second-order valence-corrected chi connectivity index (χ2v) is 8.06. The van der Waals surface area contributed by atoms with Gasteiger partial charge in [-0.2, -0.15) is 14.4 Å². The van der Waals surface area contributed by atoms with Gasteiger partial charge < -0.3 is 15.8 Å². The van der Waals surface area contributed by atoms with Gasteiger partial charge in [-0.15, -0.1) is 10.2 Å². The first-order chi connectivity index (χ1) is 13.5. The molecule has 1 aliphatic carbocycles. The predicted octanol–water partition coefficient (Wildman–Crippen LogP) is 2.86. The highest BCUT2D eigenvalue weighted by Crippen LogP contribution is 2.46. The summed E-state index contributed by atoms with van der Waals surface area (Å²) in [5.74, 6) is -0.262. The number of nitrogens with two attached hydrogens (primary N) is 1. The fraction of sp³-hybridized carbons (Fsp3) is 0.389. The lowest BCUT2D eigenvalue weighted by molar-refractivity contribution is 0.271. The van der Waals surface area contributed by atoms with Gasteiger partial charge in [-0.3, -0.25) is 4.98 Å². The smallest absolute Gasteiger partial charge is 0.257 e. The maximum atomic E-state index is 14.7. The Hall–Kier alpha value is -2.88. The predicted molar refractivity (Wildman–Crippen MR) is 104 cm³/mol. The van der Waals surface area contributed by atoms with Crippen molar-refractivity contribution in [3.63, 3.8) is 0 Å². The molecule has 1 aliphatic rings. The van der Waals surface area contributed by atoms with Gasteiger partial charge in [0.05, 0.1) is 13.2 Å². The maximum Gasteiger partial charge on any atom is 0.257 e. The van der Waals surface area contributed by atoms with Crippen molar-refractivity contribution in [1.29, 1.82) is 0 Å². The number of aryl methyl sites for hydroxylation is 2. The first kappa shape index (κ1) is 18.5. The van der Waals surface area contributed by atoms with Crippen molar-refractivity contribution >= 4 is 23.1 Å². The van der Waals surface area contributed by atoms with Gasteiger partial charge in [-0.05, 0) is 31.9 Å². The van der Waals surface area contributed by atoms with Crippen LogP contribution in [0.3, 0.4) is 0 Å². The van der Waals surface area contributed by atoms with Crippen LogP contribution in [0, 0.1) is 25.6 Å². The van der Waals surface area contributed by atoms with E-state index < -0.39 is 5.82 Å². The van der Waals surface area contributed by atoms with E-state index in [1.807, 2.05) is 32.2 Å². The molecule has 3 heterocycles. The molecule has 0 bridgehead atoms. The molecule has 0 saturated heterocycles. The van der Waals surface area contributed by atoms with Crippen LogP contribution in [-0.2, 0) is 6.54 Å². The van der Waals surface area contributed by atoms with Crippen LogP contribution >= 0.6 is 11.3 Å². The van der Waals surface area contributed by atoms with Crippen molar-refractivity contribution in [2.75, 3.05) is 17.7 Å². The number of anilines is 2. The van der Waals surface area contributed by atoms with Gasteiger partial charge in [-0.25, -0.2) is 0 Å². The number of rotatable bonds is 7. The highest BCUT2D eigenvalue weighted by molar-refractivity contribution is 7.11. The summed E-state index contributed by atoms with van der Waals surface area (Å²) in [6.07, 6.45) is 2.81. The highest BCUT2D eigenvalue weighted by Gasteiger charge is 2.40. The van der Waals surface area contributed by atoms with Crippen LogP contribution in [0.4, 0.5) is 16.2 Å². The van der Waals surface area contributed by atoms with Crippen molar-refractivity contribution in [2.45, 2.75) is 32.7 Å². The lowest BCUT2D eigenvalue weighted by Crippen LogP contribution is -2.11. The Morgan fingerprint density at radius 1 is 1.29 bits per heavy atom. The molecular formula is C18H20FN7OS. The lowest BCUT2D eigenvalue weighted by atomic mass is 10.2. The number of aromatic nitrogens is 5. The Morgan fingerprint density at radius 2 is 2.14 bits per heavy atom. The van der Waals surface area contributed by atoms with E-state index in [9.17, 15) is 4.39 Å². The number of nitrogen functional groups attached to an aromatic ring is 1. The fourth-order valence-corrected chi connectivity index (χ4v) is 3.55. The maximum absolute atomic E-state index is 14.7. The summed E-state index contributed by atoms with van der Waals surface area (Å²) in [6, 6.07) is 4.07. The summed E-state index contributed by atoms with van der Waals surface area (Å²) in [7, 11) is 0. The van der Waals surface area contributed by atoms with Gasteiger partial charge in [-0.1, -0.05) is 17.4 Å². The molecule has 0 amide bonds. The molecule has 0 radical (unpaired) electrons. The number of nitrogens with one attached hydrogen (secondary N) is 1. The van der Waals surface area contributed by atoms with Crippen LogP contribution in [-0.4, -0.2) is 31.8 Å². The summed E-state index contributed by atoms with van der Waals surface area (Å²) in [5, 5.41) is 12.4. The normalized spacial score (nSPS) is 18.1. The van der Waals surface area contributed by atoms with E-state index in [4.69, 9.17) is 10.5 Å². The van der Waals surface area contributed by atoms with Crippen molar-refractivity contribution in [3.05, 3.63) is 45.4 Å². The van der Waals surface area contributed by atoms with Crippen LogP contribution in [0.15, 0.2) is 18.3 Å². The molecule has 1 fully saturated rings. The zero-order chi connectivity index (χ0) is 19.7. The largest absolute Gasteiger partial charge is 0.475 e. The Labute approximate surface area is 165 Å². The van der Waals surface area contributed by atoms with Gasteiger partial charge in [0.2, 0.25) is 11.8 Å². The number of halogens is 1. The van der Waals surface area contributed by atoms with Crippen LogP contribution in [0.2, 0.25) is 0 Å². The molecule has 0 spiro atoms. The number of pyridine rings is 1. The summed E-state index contributed by atoms with van der Waals surface area (Å²) >= 11 is 1.42. The van der Waals surface area contributed by atoms with Gasteiger partial charge in [0.25, 0.3) is 5.88 Å². The molecule has 2 atom stereocenters. The van der Waals surface area contributed by atoms with E-state index in [0.29, 0.717) is 19.1 Å². The molecule has 0 aliphatic heterocycles. The quantitative estimate of drug-likeness (QED) is 0.622.